The maximum absolute atomic E-state index is 9.47. The molecule has 2 N–H and O–H groups in total. The highest BCUT2D eigenvalue weighted by Crippen LogP contribution is 2.32. The Bertz CT molecular complexity index is 200. The molecule has 2 aliphatic rings. The topological polar surface area (TPSA) is 35.5 Å². The molecule has 2 fully saturated rings. The molecule has 0 saturated carbocycles. The van der Waals surface area contributed by atoms with Gasteiger partial charge in [0.05, 0.1) is 6.61 Å². The van der Waals surface area contributed by atoms with Gasteiger partial charge in [0.25, 0.3) is 0 Å². The number of nitrogens with one attached hydrogen (secondary N) is 1. The van der Waals surface area contributed by atoms with Crippen molar-refractivity contribution >= 4 is 24.8 Å². The fourth-order valence-corrected chi connectivity index (χ4v) is 2.96. The monoisotopic (exact) mass is 270 g/mol. The Morgan fingerprint density at radius 3 is 2.50 bits per heavy atom. The zero-order valence-corrected chi connectivity index (χ0v) is 11.6. The fourth-order valence-electron chi connectivity index (χ4n) is 2.96. The van der Waals surface area contributed by atoms with E-state index in [1.165, 1.54) is 25.8 Å². The van der Waals surface area contributed by atoms with Crippen molar-refractivity contribution in [1.82, 2.24) is 10.2 Å². The summed E-state index contributed by atoms with van der Waals surface area (Å²) in [6.07, 6.45) is 4.90. The van der Waals surface area contributed by atoms with Crippen molar-refractivity contribution in [2.75, 3.05) is 26.2 Å². The molecule has 2 saturated heterocycles. The highest BCUT2D eigenvalue weighted by atomic mass is 35.5. The van der Waals surface area contributed by atoms with E-state index in [4.69, 9.17) is 0 Å². The van der Waals surface area contributed by atoms with Crippen LogP contribution in [0.3, 0.4) is 0 Å². The molecule has 2 heterocycles. The third-order valence-electron chi connectivity index (χ3n) is 3.90. The number of rotatable bonds is 2. The molecular weight excluding hydrogens is 247 g/mol. The second-order valence-corrected chi connectivity index (χ2v) is 4.93. The highest BCUT2D eigenvalue weighted by molar-refractivity contribution is 5.85. The van der Waals surface area contributed by atoms with Crippen molar-refractivity contribution in [2.45, 2.75) is 44.2 Å². The third-order valence-corrected chi connectivity index (χ3v) is 3.90. The van der Waals surface area contributed by atoms with E-state index in [0.29, 0.717) is 12.6 Å². The number of aliphatic hydroxyl groups excluding tert-OH is 1. The molecule has 0 aliphatic carbocycles. The highest BCUT2D eigenvalue weighted by Gasteiger charge is 2.39. The Labute approximate surface area is 111 Å². The number of piperidine rings is 1. The smallest absolute Gasteiger partial charge is 0.0612 e. The van der Waals surface area contributed by atoms with Gasteiger partial charge in [0.2, 0.25) is 0 Å². The number of hydrogen-bond acceptors (Lipinski definition) is 3. The first-order chi connectivity index (χ1) is 6.76. The van der Waals surface area contributed by atoms with Crippen LogP contribution in [0.2, 0.25) is 0 Å². The van der Waals surface area contributed by atoms with Crippen LogP contribution in [0.5, 0.6) is 0 Å². The number of likely N-dealkylation sites (tertiary alicyclic amines) is 1. The molecule has 16 heavy (non-hydrogen) atoms. The average Bonchev–Trinajstić information content (AvgIpc) is 2.63. The van der Waals surface area contributed by atoms with Gasteiger partial charge in [0.15, 0.2) is 0 Å². The molecule has 0 aromatic rings. The zero-order chi connectivity index (χ0) is 10.0. The maximum atomic E-state index is 9.47. The van der Waals surface area contributed by atoms with Crippen LogP contribution in [0.25, 0.3) is 0 Å². The number of hydrogen-bond donors (Lipinski definition) is 2. The summed E-state index contributed by atoms with van der Waals surface area (Å²) in [4.78, 5) is 2.55. The Balaban J connectivity index is 0.00000112. The Morgan fingerprint density at radius 1 is 1.31 bits per heavy atom. The normalized spacial score (nSPS) is 31.9. The molecule has 1 unspecified atom stereocenters. The van der Waals surface area contributed by atoms with Gasteiger partial charge in [0, 0.05) is 11.6 Å². The average molecular weight is 271 g/mol. The van der Waals surface area contributed by atoms with Gasteiger partial charge < -0.3 is 10.4 Å². The van der Waals surface area contributed by atoms with Gasteiger partial charge in [0.1, 0.15) is 0 Å². The number of nitrogens with zero attached hydrogens (tertiary/aromatic N) is 1. The van der Waals surface area contributed by atoms with Crippen LogP contribution in [-0.4, -0.2) is 47.8 Å². The van der Waals surface area contributed by atoms with E-state index in [2.05, 4.69) is 17.1 Å². The van der Waals surface area contributed by atoms with Gasteiger partial charge in [-0.15, -0.1) is 24.8 Å². The van der Waals surface area contributed by atoms with Gasteiger partial charge in [-0.2, -0.15) is 0 Å². The van der Waals surface area contributed by atoms with E-state index in [1.807, 2.05) is 0 Å². The van der Waals surface area contributed by atoms with Gasteiger partial charge in [-0.25, -0.2) is 0 Å². The van der Waals surface area contributed by atoms with E-state index in [1.54, 1.807) is 0 Å². The quantitative estimate of drug-likeness (QED) is 0.797. The van der Waals surface area contributed by atoms with Crippen LogP contribution in [0.1, 0.15) is 32.6 Å². The second kappa shape index (κ2) is 7.02. The fraction of sp³-hybridized carbons (Fsp3) is 1.00. The van der Waals surface area contributed by atoms with Crippen LogP contribution in [0.4, 0.5) is 0 Å². The molecule has 0 aromatic heterocycles. The third kappa shape index (κ3) is 3.23. The number of halogens is 2. The van der Waals surface area contributed by atoms with Crippen molar-refractivity contribution < 1.29 is 5.11 Å². The molecule has 3 nitrogen and oxygen atoms in total. The molecule has 5 heteroatoms. The molecule has 0 aromatic carbocycles. The first-order valence-corrected chi connectivity index (χ1v) is 5.84. The molecule has 1 atom stereocenters. The van der Waals surface area contributed by atoms with Crippen molar-refractivity contribution in [1.29, 1.82) is 0 Å². The van der Waals surface area contributed by atoms with Crippen molar-refractivity contribution in [3.8, 4) is 0 Å². The minimum absolute atomic E-state index is 0. The van der Waals surface area contributed by atoms with Gasteiger partial charge in [-0.1, -0.05) is 0 Å². The van der Waals surface area contributed by atoms with Crippen molar-refractivity contribution in [2.24, 2.45) is 0 Å². The van der Waals surface area contributed by atoms with Gasteiger partial charge in [-0.3, -0.25) is 4.90 Å². The minimum Gasteiger partial charge on any atom is -0.394 e. The first kappa shape index (κ1) is 16.5. The zero-order valence-electron chi connectivity index (χ0n) is 9.95. The summed E-state index contributed by atoms with van der Waals surface area (Å²) >= 11 is 0. The summed E-state index contributed by atoms with van der Waals surface area (Å²) in [5, 5.41) is 12.9. The molecule has 0 bridgehead atoms. The predicted octanol–water partition coefficient (Wildman–Crippen LogP) is 1.43. The summed E-state index contributed by atoms with van der Waals surface area (Å²) in [5.41, 5.74) is 0.0714. The van der Waals surface area contributed by atoms with E-state index < -0.39 is 0 Å². The van der Waals surface area contributed by atoms with Crippen LogP contribution < -0.4 is 5.32 Å². The Morgan fingerprint density at radius 2 is 1.94 bits per heavy atom. The summed E-state index contributed by atoms with van der Waals surface area (Å²) in [7, 11) is 0. The van der Waals surface area contributed by atoms with Gasteiger partial charge in [-0.05, 0) is 52.2 Å². The van der Waals surface area contributed by atoms with Crippen LogP contribution in [-0.2, 0) is 0 Å². The summed E-state index contributed by atoms with van der Waals surface area (Å²) in [5.74, 6) is 0. The molecule has 0 amide bonds. The van der Waals surface area contributed by atoms with Crippen LogP contribution in [0, 0.1) is 0 Å². The van der Waals surface area contributed by atoms with Crippen molar-refractivity contribution in [3.63, 3.8) is 0 Å². The Kier molecular flexibility index (Phi) is 7.22. The first-order valence-electron chi connectivity index (χ1n) is 5.84. The lowest BCUT2D eigenvalue weighted by Crippen LogP contribution is -2.52. The van der Waals surface area contributed by atoms with Crippen LogP contribution in [0.15, 0.2) is 0 Å². The lowest BCUT2D eigenvalue weighted by atomic mass is 9.95. The van der Waals surface area contributed by atoms with E-state index in [9.17, 15) is 5.11 Å². The van der Waals surface area contributed by atoms with E-state index in [-0.39, 0.29) is 30.4 Å². The van der Waals surface area contributed by atoms with Crippen molar-refractivity contribution in [3.05, 3.63) is 0 Å². The summed E-state index contributed by atoms with van der Waals surface area (Å²) < 4.78 is 0. The van der Waals surface area contributed by atoms with Crippen LogP contribution >= 0.6 is 24.8 Å². The molecule has 0 spiro atoms. The predicted molar refractivity (Wildman–Crippen MR) is 71.8 cm³/mol. The lowest BCUT2D eigenvalue weighted by Gasteiger charge is -2.41. The number of aliphatic hydroxyl groups is 1. The lowest BCUT2D eigenvalue weighted by molar-refractivity contribution is 0.0340. The molecule has 2 rings (SSSR count). The second-order valence-electron chi connectivity index (χ2n) is 4.93. The van der Waals surface area contributed by atoms with E-state index >= 15 is 0 Å². The standard InChI is InChI=1S/C11H22N2O.2ClH/c1-11(9-14)5-2-8-13(11)10-3-6-12-7-4-10;;/h10,12,14H,2-9H2,1H3;2*1H. The van der Waals surface area contributed by atoms with Gasteiger partial charge >= 0.3 is 0 Å². The largest absolute Gasteiger partial charge is 0.394 e. The Hall–Kier alpha value is 0.460. The molecule has 98 valence electrons. The SMILES string of the molecule is CC1(CO)CCCN1C1CCNCC1.Cl.Cl. The maximum Gasteiger partial charge on any atom is 0.0612 e. The molecule has 0 radical (unpaired) electrons. The molecule has 2 aliphatic heterocycles. The minimum atomic E-state index is 0. The van der Waals surface area contributed by atoms with E-state index in [0.717, 1.165) is 19.5 Å². The summed E-state index contributed by atoms with van der Waals surface area (Å²) in [6, 6.07) is 0.705. The summed E-state index contributed by atoms with van der Waals surface area (Å²) in [6.45, 7) is 5.99. The molecular formula is C11H24Cl2N2O.